The van der Waals surface area contributed by atoms with Gasteiger partial charge in [0.05, 0.1) is 0 Å². The van der Waals surface area contributed by atoms with E-state index < -0.39 is 6.29 Å². The lowest BCUT2D eigenvalue weighted by atomic mass is 10.1. The molecule has 2 heteroatoms. The summed E-state index contributed by atoms with van der Waals surface area (Å²) in [5.74, 6) is 0. The minimum Gasteiger partial charge on any atom is -0.364 e. The molecule has 1 rings (SSSR count). The number of methoxy groups -OCH3 is 1. The predicted octanol–water partition coefficient (Wildman–Crippen LogP) is 1.63. The van der Waals surface area contributed by atoms with E-state index in [0.29, 0.717) is 0 Å². The normalized spacial score (nSPS) is 13.0. The molecule has 0 spiro atoms. The van der Waals surface area contributed by atoms with Gasteiger partial charge in [-0.3, -0.25) is 0 Å². The zero-order valence-electron chi connectivity index (χ0n) is 6.74. The van der Waals surface area contributed by atoms with E-state index in [-0.39, 0.29) is 0 Å². The number of benzene rings is 1. The fourth-order valence-electron chi connectivity index (χ4n) is 0.867. The highest BCUT2D eigenvalue weighted by Gasteiger charge is 2.02. The molecule has 60 valence electrons. The molecule has 0 amide bonds. The first-order valence-corrected chi connectivity index (χ1v) is 3.51. The molecule has 1 aromatic rings. The van der Waals surface area contributed by atoms with Crippen LogP contribution < -0.4 is 0 Å². The molecule has 0 radical (unpaired) electrons. The molecule has 0 fully saturated rings. The second kappa shape index (κ2) is 3.51. The Labute approximate surface area is 66.4 Å². The van der Waals surface area contributed by atoms with Crippen LogP contribution >= 0.6 is 0 Å². The molecular formula is C9H12O2. The highest BCUT2D eigenvalue weighted by molar-refractivity contribution is 5.21. The summed E-state index contributed by atoms with van der Waals surface area (Å²) in [5, 5.41) is 9.20. The van der Waals surface area contributed by atoms with Gasteiger partial charge in [0.2, 0.25) is 0 Å². The van der Waals surface area contributed by atoms with Crippen LogP contribution in [0.5, 0.6) is 0 Å². The van der Waals surface area contributed by atoms with Gasteiger partial charge in [0.25, 0.3) is 0 Å². The van der Waals surface area contributed by atoms with Crippen molar-refractivity contribution in [2.24, 2.45) is 0 Å². The van der Waals surface area contributed by atoms with Crippen LogP contribution in [0.3, 0.4) is 0 Å². The Morgan fingerprint density at radius 3 is 2.27 bits per heavy atom. The van der Waals surface area contributed by atoms with Crippen molar-refractivity contribution in [3.63, 3.8) is 0 Å². The monoisotopic (exact) mass is 152 g/mol. The van der Waals surface area contributed by atoms with Crippen LogP contribution in [0.1, 0.15) is 17.4 Å². The lowest BCUT2D eigenvalue weighted by Crippen LogP contribution is -1.98. The maximum absolute atomic E-state index is 9.20. The molecule has 0 aliphatic rings. The molecule has 0 bridgehead atoms. The van der Waals surface area contributed by atoms with E-state index in [9.17, 15) is 5.11 Å². The lowest BCUT2D eigenvalue weighted by molar-refractivity contribution is -0.0769. The second-order valence-corrected chi connectivity index (χ2v) is 2.50. The van der Waals surface area contributed by atoms with Gasteiger partial charge in [-0.25, -0.2) is 0 Å². The summed E-state index contributed by atoms with van der Waals surface area (Å²) in [4.78, 5) is 0. The van der Waals surface area contributed by atoms with E-state index in [0.717, 1.165) is 5.56 Å². The number of aliphatic hydroxyl groups is 1. The Hall–Kier alpha value is -0.860. The van der Waals surface area contributed by atoms with Crippen LogP contribution in [0.25, 0.3) is 0 Å². The fourth-order valence-corrected chi connectivity index (χ4v) is 0.867. The maximum atomic E-state index is 9.20. The number of ether oxygens (including phenoxy) is 1. The fraction of sp³-hybridized carbons (Fsp3) is 0.333. The van der Waals surface area contributed by atoms with Crippen molar-refractivity contribution < 1.29 is 9.84 Å². The zero-order chi connectivity index (χ0) is 8.27. The van der Waals surface area contributed by atoms with Gasteiger partial charge in [0.1, 0.15) is 0 Å². The SMILES string of the molecule is CO[C@H](O)c1ccc(C)cc1. The van der Waals surface area contributed by atoms with Crippen LogP contribution in [0.2, 0.25) is 0 Å². The third-order valence-electron chi connectivity index (χ3n) is 1.59. The maximum Gasteiger partial charge on any atom is 0.180 e. The van der Waals surface area contributed by atoms with Crippen molar-refractivity contribution in [3.05, 3.63) is 35.4 Å². The largest absolute Gasteiger partial charge is 0.364 e. The van der Waals surface area contributed by atoms with E-state index >= 15 is 0 Å². The van der Waals surface area contributed by atoms with Crippen LogP contribution in [-0.4, -0.2) is 12.2 Å². The number of rotatable bonds is 2. The Morgan fingerprint density at radius 2 is 1.82 bits per heavy atom. The van der Waals surface area contributed by atoms with E-state index in [1.165, 1.54) is 12.7 Å². The molecule has 0 saturated heterocycles. The summed E-state index contributed by atoms with van der Waals surface area (Å²) in [6, 6.07) is 7.59. The highest BCUT2D eigenvalue weighted by Crippen LogP contribution is 2.13. The van der Waals surface area contributed by atoms with Crippen molar-refractivity contribution in [1.29, 1.82) is 0 Å². The summed E-state index contributed by atoms with van der Waals surface area (Å²) in [6.45, 7) is 2.00. The van der Waals surface area contributed by atoms with Crippen molar-refractivity contribution in [2.75, 3.05) is 7.11 Å². The standard InChI is InChI=1S/C9H12O2/c1-7-3-5-8(6-4-7)9(10)11-2/h3-6,9-10H,1-2H3/t9-/m0/s1. The highest BCUT2D eigenvalue weighted by atomic mass is 16.6. The number of aliphatic hydroxyl groups excluding tert-OH is 1. The Kier molecular flexibility index (Phi) is 2.63. The van der Waals surface area contributed by atoms with E-state index in [1.807, 2.05) is 31.2 Å². The number of hydrogen-bond donors (Lipinski definition) is 1. The molecule has 0 aliphatic heterocycles. The molecule has 11 heavy (non-hydrogen) atoms. The minimum absolute atomic E-state index is 0.790. The van der Waals surface area contributed by atoms with Gasteiger partial charge in [0.15, 0.2) is 6.29 Å². The van der Waals surface area contributed by atoms with Gasteiger partial charge >= 0.3 is 0 Å². The average molecular weight is 152 g/mol. The smallest absolute Gasteiger partial charge is 0.180 e. The summed E-state index contributed by atoms with van der Waals surface area (Å²) in [7, 11) is 1.48. The molecule has 1 aromatic carbocycles. The Balaban J connectivity index is 2.81. The van der Waals surface area contributed by atoms with Crippen LogP contribution in [0, 0.1) is 6.92 Å². The predicted molar refractivity (Wildman–Crippen MR) is 43.1 cm³/mol. The third kappa shape index (κ3) is 2.03. The van der Waals surface area contributed by atoms with Gasteiger partial charge in [-0.15, -0.1) is 0 Å². The first-order chi connectivity index (χ1) is 5.24. The summed E-state index contributed by atoms with van der Waals surface area (Å²) < 4.78 is 4.73. The van der Waals surface area contributed by atoms with Gasteiger partial charge in [-0.05, 0) is 6.92 Å². The Morgan fingerprint density at radius 1 is 1.27 bits per heavy atom. The molecule has 0 saturated carbocycles. The summed E-state index contributed by atoms with van der Waals surface area (Å²) in [5.41, 5.74) is 1.97. The van der Waals surface area contributed by atoms with Gasteiger partial charge in [0, 0.05) is 12.7 Å². The lowest BCUT2D eigenvalue weighted by Gasteiger charge is -2.07. The van der Waals surface area contributed by atoms with Gasteiger partial charge in [-0.1, -0.05) is 29.8 Å². The Bertz CT molecular complexity index is 216. The number of hydrogen-bond acceptors (Lipinski definition) is 2. The summed E-state index contributed by atoms with van der Waals surface area (Å²) in [6.07, 6.45) is -0.796. The first kappa shape index (κ1) is 8.24. The van der Waals surface area contributed by atoms with E-state index in [4.69, 9.17) is 4.74 Å². The molecule has 0 unspecified atom stereocenters. The molecule has 1 atom stereocenters. The number of aryl methyl sites for hydroxylation is 1. The molecule has 0 heterocycles. The van der Waals surface area contributed by atoms with Crippen LogP contribution in [-0.2, 0) is 4.74 Å². The van der Waals surface area contributed by atoms with Crippen molar-refractivity contribution in [2.45, 2.75) is 13.2 Å². The minimum atomic E-state index is -0.796. The molecule has 2 nitrogen and oxygen atoms in total. The summed E-state index contributed by atoms with van der Waals surface area (Å²) >= 11 is 0. The molecule has 1 N–H and O–H groups in total. The third-order valence-corrected chi connectivity index (χ3v) is 1.59. The van der Waals surface area contributed by atoms with Crippen molar-refractivity contribution in [1.82, 2.24) is 0 Å². The van der Waals surface area contributed by atoms with Crippen molar-refractivity contribution >= 4 is 0 Å². The van der Waals surface area contributed by atoms with Crippen LogP contribution in [0.15, 0.2) is 24.3 Å². The van der Waals surface area contributed by atoms with Crippen molar-refractivity contribution in [3.8, 4) is 0 Å². The topological polar surface area (TPSA) is 29.5 Å². The van der Waals surface area contributed by atoms with Gasteiger partial charge < -0.3 is 9.84 Å². The van der Waals surface area contributed by atoms with E-state index in [1.54, 1.807) is 0 Å². The first-order valence-electron chi connectivity index (χ1n) is 3.51. The average Bonchev–Trinajstić information content (AvgIpc) is 2.05. The van der Waals surface area contributed by atoms with Gasteiger partial charge in [-0.2, -0.15) is 0 Å². The quantitative estimate of drug-likeness (QED) is 0.653. The van der Waals surface area contributed by atoms with E-state index in [2.05, 4.69) is 0 Å². The molecule has 0 aliphatic carbocycles. The second-order valence-electron chi connectivity index (χ2n) is 2.50. The zero-order valence-corrected chi connectivity index (χ0v) is 6.74. The molecule has 0 aromatic heterocycles. The molecular weight excluding hydrogens is 140 g/mol. The van der Waals surface area contributed by atoms with Crippen LogP contribution in [0.4, 0.5) is 0 Å².